The average molecular weight is 324 g/mol. The van der Waals surface area contributed by atoms with Crippen molar-refractivity contribution in [2.75, 3.05) is 7.05 Å². The fourth-order valence-corrected chi connectivity index (χ4v) is 3.75. The third-order valence-electron chi connectivity index (χ3n) is 3.31. The Morgan fingerprint density at radius 3 is 2.28 bits per heavy atom. The van der Waals surface area contributed by atoms with Gasteiger partial charge in [-0.3, -0.25) is 0 Å². The highest BCUT2D eigenvalue weighted by Crippen LogP contribution is 2.34. The predicted molar refractivity (Wildman–Crippen MR) is 83.6 cm³/mol. The van der Waals surface area contributed by atoms with Gasteiger partial charge in [-0.1, -0.05) is 18.2 Å². The highest BCUT2D eigenvalue weighted by atomic mass is 79.9. The molecule has 0 aliphatic heterocycles. The summed E-state index contributed by atoms with van der Waals surface area (Å²) in [4.78, 5) is 1.35. The average Bonchev–Trinajstić information content (AvgIpc) is 2.65. The summed E-state index contributed by atoms with van der Waals surface area (Å²) in [5, 5.41) is 3.41. The van der Waals surface area contributed by atoms with Crippen molar-refractivity contribution in [1.82, 2.24) is 5.32 Å². The first-order valence-corrected chi connectivity index (χ1v) is 7.64. The van der Waals surface area contributed by atoms with E-state index in [-0.39, 0.29) is 6.04 Å². The first-order chi connectivity index (χ1) is 8.52. The van der Waals surface area contributed by atoms with Crippen molar-refractivity contribution in [3.05, 3.63) is 55.2 Å². The normalized spacial score (nSPS) is 12.7. The molecule has 0 amide bonds. The molecule has 1 aromatic heterocycles. The Bertz CT molecular complexity index is 540. The molecule has 1 atom stereocenters. The van der Waals surface area contributed by atoms with Crippen molar-refractivity contribution in [2.45, 2.75) is 26.8 Å². The van der Waals surface area contributed by atoms with Gasteiger partial charge in [-0.25, -0.2) is 0 Å². The molecule has 0 radical (unpaired) electrons. The number of aryl methyl sites for hydroxylation is 3. The molecule has 0 aliphatic rings. The summed E-state index contributed by atoms with van der Waals surface area (Å²) in [6, 6.07) is 9.22. The van der Waals surface area contributed by atoms with Gasteiger partial charge < -0.3 is 5.32 Å². The lowest BCUT2D eigenvalue weighted by Gasteiger charge is -2.16. The van der Waals surface area contributed by atoms with Gasteiger partial charge >= 0.3 is 0 Å². The van der Waals surface area contributed by atoms with E-state index < -0.39 is 0 Å². The summed E-state index contributed by atoms with van der Waals surface area (Å²) in [5.74, 6) is 0. The summed E-state index contributed by atoms with van der Waals surface area (Å²) >= 11 is 5.41. The molecule has 3 heteroatoms. The van der Waals surface area contributed by atoms with Gasteiger partial charge in [0.2, 0.25) is 0 Å². The smallest absolute Gasteiger partial charge is 0.0731 e. The quantitative estimate of drug-likeness (QED) is 0.859. The van der Waals surface area contributed by atoms with E-state index in [1.165, 1.54) is 30.9 Å². The van der Waals surface area contributed by atoms with Crippen LogP contribution in [0.25, 0.3) is 0 Å². The first-order valence-electron chi connectivity index (χ1n) is 6.03. The van der Waals surface area contributed by atoms with Crippen LogP contribution < -0.4 is 5.32 Å². The molecule has 0 spiro atoms. The van der Waals surface area contributed by atoms with Crippen LogP contribution in [0.5, 0.6) is 0 Å². The minimum Gasteiger partial charge on any atom is -0.309 e. The highest BCUT2D eigenvalue weighted by molar-refractivity contribution is 9.11. The molecule has 1 aromatic carbocycles. The molecule has 1 unspecified atom stereocenters. The number of halogens is 1. The van der Waals surface area contributed by atoms with Crippen LogP contribution in [0.3, 0.4) is 0 Å². The monoisotopic (exact) mass is 323 g/mol. The van der Waals surface area contributed by atoms with Crippen LogP contribution in [0.15, 0.2) is 28.1 Å². The van der Waals surface area contributed by atoms with E-state index >= 15 is 0 Å². The number of rotatable bonds is 3. The Balaban J connectivity index is 2.41. The van der Waals surface area contributed by atoms with Crippen LogP contribution in [0, 0.1) is 20.8 Å². The SMILES string of the molecule is CNC(c1ccc(C)c(C)c1)c1cc(C)c(Br)s1. The molecule has 2 aromatic rings. The van der Waals surface area contributed by atoms with Gasteiger partial charge in [0.1, 0.15) is 0 Å². The summed E-state index contributed by atoms with van der Waals surface area (Å²) in [6.45, 7) is 6.46. The zero-order chi connectivity index (χ0) is 13.3. The van der Waals surface area contributed by atoms with Crippen molar-refractivity contribution in [2.24, 2.45) is 0 Å². The number of thiophene rings is 1. The second kappa shape index (κ2) is 5.55. The second-order valence-electron chi connectivity index (χ2n) is 4.67. The Morgan fingerprint density at radius 2 is 1.78 bits per heavy atom. The Morgan fingerprint density at radius 1 is 1.06 bits per heavy atom. The molecule has 1 heterocycles. The Hall–Kier alpha value is -0.640. The molecule has 96 valence electrons. The molecule has 0 saturated carbocycles. The molecule has 0 saturated heterocycles. The Labute approximate surface area is 121 Å². The van der Waals surface area contributed by atoms with Crippen molar-refractivity contribution >= 4 is 27.3 Å². The van der Waals surface area contributed by atoms with Crippen molar-refractivity contribution in [3.8, 4) is 0 Å². The van der Waals surface area contributed by atoms with Crippen molar-refractivity contribution in [3.63, 3.8) is 0 Å². The maximum absolute atomic E-state index is 3.60. The lowest BCUT2D eigenvalue weighted by molar-refractivity contribution is 0.702. The third kappa shape index (κ3) is 2.68. The number of nitrogens with one attached hydrogen (secondary N) is 1. The number of hydrogen-bond acceptors (Lipinski definition) is 2. The second-order valence-corrected chi connectivity index (χ2v) is 7.07. The van der Waals surface area contributed by atoms with E-state index in [2.05, 4.69) is 66.3 Å². The highest BCUT2D eigenvalue weighted by Gasteiger charge is 2.16. The molecular weight excluding hydrogens is 306 g/mol. The summed E-state index contributed by atoms with van der Waals surface area (Å²) in [6.07, 6.45) is 0. The van der Waals surface area contributed by atoms with Crippen molar-refractivity contribution < 1.29 is 0 Å². The van der Waals surface area contributed by atoms with Crippen LogP contribution in [0.2, 0.25) is 0 Å². The van der Waals surface area contributed by atoms with Gasteiger partial charge in [-0.15, -0.1) is 11.3 Å². The molecule has 0 aliphatic carbocycles. The Kier molecular flexibility index (Phi) is 4.25. The van der Waals surface area contributed by atoms with Crippen LogP contribution in [0.1, 0.15) is 33.2 Å². The van der Waals surface area contributed by atoms with Crippen LogP contribution in [-0.4, -0.2) is 7.05 Å². The topological polar surface area (TPSA) is 12.0 Å². The van der Waals surface area contributed by atoms with E-state index in [9.17, 15) is 0 Å². The maximum Gasteiger partial charge on any atom is 0.0731 e. The first kappa shape index (κ1) is 13.8. The van der Waals surface area contributed by atoms with Crippen LogP contribution in [0.4, 0.5) is 0 Å². The summed E-state index contributed by atoms with van der Waals surface area (Å²) < 4.78 is 1.22. The van der Waals surface area contributed by atoms with E-state index in [1.54, 1.807) is 11.3 Å². The standard InChI is InChI=1S/C15H18BrNS/c1-9-5-6-12(7-10(9)2)14(17-4)13-8-11(3)15(16)18-13/h5-8,14,17H,1-4H3. The van der Waals surface area contributed by atoms with Gasteiger partial charge in [0, 0.05) is 4.88 Å². The van der Waals surface area contributed by atoms with Gasteiger partial charge in [0.25, 0.3) is 0 Å². The maximum atomic E-state index is 3.60. The zero-order valence-electron chi connectivity index (χ0n) is 11.2. The van der Waals surface area contributed by atoms with Gasteiger partial charge in [0.05, 0.1) is 9.83 Å². The number of benzene rings is 1. The lowest BCUT2D eigenvalue weighted by Crippen LogP contribution is -2.16. The molecule has 0 bridgehead atoms. The van der Waals surface area contributed by atoms with Crippen molar-refractivity contribution in [1.29, 1.82) is 0 Å². The third-order valence-corrected chi connectivity index (χ3v) is 5.52. The summed E-state index contributed by atoms with van der Waals surface area (Å²) in [7, 11) is 2.02. The number of hydrogen-bond donors (Lipinski definition) is 1. The van der Waals surface area contributed by atoms with Crippen LogP contribution >= 0.6 is 27.3 Å². The molecule has 0 fully saturated rings. The molecule has 1 N–H and O–H groups in total. The fraction of sp³-hybridized carbons (Fsp3) is 0.333. The van der Waals surface area contributed by atoms with E-state index in [4.69, 9.17) is 0 Å². The summed E-state index contributed by atoms with van der Waals surface area (Å²) in [5.41, 5.74) is 5.32. The van der Waals surface area contributed by atoms with E-state index in [0.717, 1.165) is 0 Å². The van der Waals surface area contributed by atoms with Gasteiger partial charge in [0.15, 0.2) is 0 Å². The van der Waals surface area contributed by atoms with Gasteiger partial charge in [-0.2, -0.15) is 0 Å². The molecule has 1 nitrogen and oxygen atoms in total. The zero-order valence-corrected chi connectivity index (χ0v) is 13.6. The predicted octanol–water partition coefficient (Wildman–Crippen LogP) is 4.74. The minimum absolute atomic E-state index is 0.277. The van der Waals surface area contributed by atoms with Gasteiger partial charge in [-0.05, 0) is 72.1 Å². The van der Waals surface area contributed by atoms with E-state index in [0.29, 0.717) is 0 Å². The van der Waals surface area contributed by atoms with Crippen LogP contribution in [-0.2, 0) is 0 Å². The largest absolute Gasteiger partial charge is 0.309 e. The minimum atomic E-state index is 0.277. The molecule has 18 heavy (non-hydrogen) atoms. The lowest BCUT2D eigenvalue weighted by atomic mass is 10.00. The fourth-order valence-electron chi connectivity index (χ4n) is 2.04. The van der Waals surface area contributed by atoms with E-state index in [1.807, 2.05) is 7.05 Å². The molecular formula is C15H18BrNS. The molecule has 2 rings (SSSR count).